The van der Waals surface area contributed by atoms with Crippen LogP contribution in [-0.4, -0.2) is 6.54 Å². The van der Waals surface area contributed by atoms with Crippen LogP contribution < -0.4 is 5.32 Å². The maximum absolute atomic E-state index is 12.9. The molecule has 0 saturated heterocycles. The second kappa shape index (κ2) is 7.39. The van der Waals surface area contributed by atoms with Gasteiger partial charge in [0.25, 0.3) is 0 Å². The second-order valence-electron chi connectivity index (χ2n) is 7.03. The Morgan fingerprint density at radius 3 is 2.08 bits per heavy atom. The molecule has 2 rings (SSSR count). The molecule has 0 fully saturated rings. The average Bonchev–Trinajstić information content (AvgIpc) is 2.50. The molecule has 0 aliphatic rings. The summed E-state index contributed by atoms with van der Waals surface area (Å²) in [4.78, 5) is 0. The lowest BCUT2D eigenvalue weighted by atomic mass is 9.87. The third kappa shape index (κ3) is 5.10. The van der Waals surface area contributed by atoms with Crippen LogP contribution in [0.2, 0.25) is 0 Å². The van der Waals surface area contributed by atoms with Crippen LogP contribution in [0.15, 0.2) is 48.5 Å². The first-order valence-electron chi connectivity index (χ1n) is 8.13. The summed E-state index contributed by atoms with van der Waals surface area (Å²) in [5.41, 5.74) is 2.31. The van der Waals surface area contributed by atoms with Crippen molar-refractivity contribution in [3.05, 3.63) is 70.8 Å². The van der Waals surface area contributed by atoms with E-state index in [4.69, 9.17) is 0 Å². The molecular weight excluding hydrogens is 311 g/mol. The highest BCUT2D eigenvalue weighted by molar-refractivity contribution is 5.30. The van der Waals surface area contributed by atoms with E-state index in [1.807, 2.05) is 0 Å². The first-order chi connectivity index (χ1) is 11.2. The van der Waals surface area contributed by atoms with Crippen molar-refractivity contribution < 1.29 is 13.2 Å². The number of alkyl halides is 3. The van der Waals surface area contributed by atoms with Crippen molar-refractivity contribution in [2.75, 3.05) is 6.54 Å². The molecule has 2 aromatic carbocycles. The summed E-state index contributed by atoms with van der Waals surface area (Å²) in [5.74, 6) is 0. The second-order valence-corrected chi connectivity index (χ2v) is 7.03. The first-order valence-corrected chi connectivity index (χ1v) is 8.13. The van der Waals surface area contributed by atoms with Crippen LogP contribution >= 0.6 is 0 Å². The Morgan fingerprint density at radius 2 is 1.50 bits per heavy atom. The van der Waals surface area contributed by atoms with Crippen LogP contribution in [0.4, 0.5) is 13.2 Å². The molecule has 130 valence electrons. The molecule has 0 bridgehead atoms. The van der Waals surface area contributed by atoms with Crippen molar-refractivity contribution in [2.24, 2.45) is 0 Å². The molecule has 0 unspecified atom stereocenters. The quantitative estimate of drug-likeness (QED) is 0.728. The van der Waals surface area contributed by atoms with Gasteiger partial charge in [0.05, 0.1) is 5.56 Å². The normalized spacial score (nSPS) is 12.4. The van der Waals surface area contributed by atoms with Gasteiger partial charge in [0.15, 0.2) is 0 Å². The summed E-state index contributed by atoms with van der Waals surface area (Å²) in [7, 11) is 0. The minimum Gasteiger partial charge on any atom is -0.312 e. The van der Waals surface area contributed by atoms with Crippen molar-refractivity contribution >= 4 is 0 Å². The molecule has 0 spiro atoms. The van der Waals surface area contributed by atoms with E-state index in [9.17, 15) is 13.2 Å². The zero-order valence-electron chi connectivity index (χ0n) is 14.4. The fourth-order valence-corrected chi connectivity index (χ4v) is 2.59. The SMILES string of the molecule is CC(C)(C)c1ccc(CNCCc2ccccc2C(F)(F)F)cc1. The van der Waals surface area contributed by atoms with Crippen LogP contribution in [0, 0.1) is 0 Å². The predicted octanol–water partition coefficient (Wildman–Crippen LogP) is 5.34. The molecule has 0 atom stereocenters. The van der Waals surface area contributed by atoms with Crippen molar-refractivity contribution in [1.82, 2.24) is 5.32 Å². The molecule has 0 aromatic heterocycles. The maximum atomic E-state index is 12.9. The summed E-state index contributed by atoms with van der Waals surface area (Å²) >= 11 is 0. The topological polar surface area (TPSA) is 12.0 Å². The third-order valence-corrected chi connectivity index (χ3v) is 4.04. The van der Waals surface area contributed by atoms with E-state index in [0.717, 1.165) is 11.6 Å². The average molecular weight is 335 g/mol. The molecule has 0 heterocycles. The molecule has 0 aliphatic carbocycles. The van der Waals surface area contributed by atoms with Gasteiger partial charge in [-0.2, -0.15) is 13.2 Å². The zero-order chi connectivity index (χ0) is 17.8. The number of nitrogens with one attached hydrogen (secondary N) is 1. The lowest BCUT2D eigenvalue weighted by molar-refractivity contribution is -0.138. The van der Waals surface area contributed by atoms with Crippen LogP contribution in [0.1, 0.15) is 43.0 Å². The standard InChI is InChI=1S/C20H24F3N/c1-19(2,3)17-10-8-15(9-11-17)14-24-13-12-16-6-4-5-7-18(16)20(21,22)23/h4-11,24H,12-14H2,1-3H3. The largest absolute Gasteiger partial charge is 0.416 e. The van der Waals surface area contributed by atoms with E-state index < -0.39 is 11.7 Å². The van der Waals surface area contributed by atoms with Crippen molar-refractivity contribution in [3.8, 4) is 0 Å². The Kier molecular flexibility index (Phi) is 5.70. The monoisotopic (exact) mass is 335 g/mol. The van der Waals surface area contributed by atoms with Gasteiger partial charge in [-0.05, 0) is 41.1 Å². The van der Waals surface area contributed by atoms with Crippen molar-refractivity contribution in [1.29, 1.82) is 0 Å². The molecule has 4 heteroatoms. The Labute approximate surface area is 141 Å². The molecule has 0 amide bonds. The number of hydrogen-bond donors (Lipinski definition) is 1. The first kappa shape index (κ1) is 18.5. The van der Waals surface area contributed by atoms with E-state index >= 15 is 0 Å². The summed E-state index contributed by atoms with van der Waals surface area (Å²) in [6.07, 6.45) is -3.94. The summed E-state index contributed by atoms with van der Waals surface area (Å²) in [6.45, 7) is 7.65. The molecular formula is C20H24F3N. The van der Waals surface area contributed by atoms with Crippen LogP contribution in [0.3, 0.4) is 0 Å². The van der Waals surface area contributed by atoms with Gasteiger partial charge in [-0.25, -0.2) is 0 Å². The zero-order valence-corrected chi connectivity index (χ0v) is 14.4. The predicted molar refractivity (Wildman–Crippen MR) is 92.0 cm³/mol. The highest BCUT2D eigenvalue weighted by Crippen LogP contribution is 2.31. The highest BCUT2D eigenvalue weighted by atomic mass is 19.4. The van der Waals surface area contributed by atoms with E-state index in [0.29, 0.717) is 25.1 Å². The fourth-order valence-electron chi connectivity index (χ4n) is 2.59. The van der Waals surface area contributed by atoms with Gasteiger partial charge in [-0.1, -0.05) is 63.2 Å². The Hall–Kier alpha value is -1.81. The highest BCUT2D eigenvalue weighted by Gasteiger charge is 2.32. The fraction of sp³-hybridized carbons (Fsp3) is 0.400. The molecule has 1 N–H and O–H groups in total. The molecule has 0 saturated carbocycles. The minimum absolute atomic E-state index is 0.118. The van der Waals surface area contributed by atoms with Gasteiger partial charge in [-0.3, -0.25) is 0 Å². The number of rotatable bonds is 5. The number of hydrogen-bond acceptors (Lipinski definition) is 1. The molecule has 0 radical (unpaired) electrons. The lowest BCUT2D eigenvalue weighted by Gasteiger charge is -2.19. The van der Waals surface area contributed by atoms with Crippen LogP contribution in [0.5, 0.6) is 0 Å². The van der Waals surface area contributed by atoms with Gasteiger partial charge >= 0.3 is 6.18 Å². The van der Waals surface area contributed by atoms with Gasteiger partial charge in [0, 0.05) is 6.54 Å². The molecule has 1 nitrogen and oxygen atoms in total. The van der Waals surface area contributed by atoms with Gasteiger partial charge in [0.1, 0.15) is 0 Å². The smallest absolute Gasteiger partial charge is 0.312 e. The van der Waals surface area contributed by atoms with Gasteiger partial charge in [0.2, 0.25) is 0 Å². The summed E-state index contributed by atoms with van der Waals surface area (Å²) in [5, 5.41) is 3.22. The van der Waals surface area contributed by atoms with E-state index in [2.05, 4.69) is 50.4 Å². The summed E-state index contributed by atoms with van der Waals surface area (Å²) in [6, 6.07) is 14.1. The van der Waals surface area contributed by atoms with E-state index in [-0.39, 0.29) is 5.41 Å². The molecule has 24 heavy (non-hydrogen) atoms. The van der Waals surface area contributed by atoms with Gasteiger partial charge < -0.3 is 5.32 Å². The Balaban J connectivity index is 1.88. The van der Waals surface area contributed by atoms with E-state index in [1.54, 1.807) is 12.1 Å². The molecule has 0 aliphatic heterocycles. The summed E-state index contributed by atoms with van der Waals surface area (Å²) < 4.78 is 38.8. The number of halogens is 3. The van der Waals surface area contributed by atoms with Crippen molar-refractivity contribution in [2.45, 2.75) is 45.3 Å². The third-order valence-electron chi connectivity index (χ3n) is 4.04. The Morgan fingerprint density at radius 1 is 0.875 bits per heavy atom. The maximum Gasteiger partial charge on any atom is 0.416 e. The minimum atomic E-state index is -4.29. The lowest BCUT2D eigenvalue weighted by Crippen LogP contribution is -2.19. The van der Waals surface area contributed by atoms with Crippen LogP contribution in [-0.2, 0) is 24.6 Å². The van der Waals surface area contributed by atoms with Gasteiger partial charge in [-0.15, -0.1) is 0 Å². The van der Waals surface area contributed by atoms with Crippen molar-refractivity contribution in [3.63, 3.8) is 0 Å². The number of benzene rings is 2. The Bertz CT molecular complexity index is 652. The molecule has 2 aromatic rings. The van der Waals surface area contributed by atoms with E-state index in [1.165, 1.54) is 11.6 Å². The van der Waals surface area contributed by atoms with Crippen LogP contribution in [0.25, 0.3) is 0 Å².